The van der Waals surface area contributed by atoms with Crippen molar-refractivity contribution in [3.8, 4) is 0 Å². The lowest BCUT2D eigenvalue weighted by molar-refractivity contribution is 0.0638. The molecule has 2 heterocycles. The van der Waals surface area contributed by atoms with Crippen LogP contribution in [0.2, 0.25) is 0 Å². The number of halogens is 2. The molecule has 1 aromatic rings. The zero-order chi connectivity index (χ0) is 17.8. The summed E-state index contributed by atoms with van der Waals surface area (Å²) in [6.45, 7) is 5.44. The van der Waals surface area contributed by atoms with Gasteiger partial charge in [-0.25, -0.2) is 9.18 Å². The van der Waals surface area contributed by atoms with Crippen LogP contribution in [0, 0.1) is 5.82 Å². The maximum absolute atomic E-state index is 14.4. The predicted molar refractivity (Wildman–Crippen MR) is 102 cm³/mol. The van der Waals surface area contributed by atoms with Crippen molar-refractivity contribution >= 4 is 30.0 Å². The average molecular weight is 385 g/mol. The van der Waals surface area contributed by atoms with Crippen LogP contribution < -0.4 is 15.5 Å². The molecular weight excluding hydrogens is 359 g/mol. The summed E-state index contributed by atoms with van der Waals surface area (Å²) in [5, 5.41) is 6.01. The van der Waals surface area contributed by atoms with Crippen LogP contribution in [0.3, 0.4) is 0 Å². The van der Waals surface area contributed by atoms with Crippen molar-refractivity contribution in [3.05, 3.63) is 29.6 Å². The molecule has 144 valence electrons. The Morgan fingerprint density at radius 1 is 1.31 bits per heavy atom. The average Bonchev–Trinajstić information content (AvgIpc) is 3.06. The van der Waals surface area contributed by atoms with Gasteiger partial charge in [-0.3, -0.25) is 9.69 Å². The molecule has 3 rings (SSSR count). The molecule has 8 heteroatoms. The van der Waals surface area contributed by atoms with Crippen molar-refractivity contribution in [2.24, 2.45) is 0 Å². The highest BCUT2D eigenvalue weighted by molar-refractivity contribution is 5.98. The summed E-state index contributed by atoms with van der Waals surface area (Å²) < 4.78 is 14.4. The van der Waals surface area contributed by atoms with Gasteiger partial charge >= 0.3 is 6.03 Å². The lowest BCUT2D eigenvalue weighted by atomic mass is 10.0. The molecule has 6 nitrogen and oxygen atoms in total. The van der Waals surface area contributed by atoms with Crippen molar-refractivity contribution in [2.75, 3.05) is 37.6 Å². The number of carbonyl (C=O) groups is 2. The third-order valence-corrected chi connectivity index (χ3v) is 4.82. The van der Waals surface area contributed by atoms with Gasteiger partial charge in [-0.2, -0.15) is 0 Å². The zero-order valence-electron chi connectivity index (χ0n) is 15.0. The maximum Gasteiger partial charge on any atom is 0.321 e. The molecule has 0 spiro atoms. The molecule has 0 bridgehead atoms. The van der Waals surface area contributed by atoms with E-state index in [1.165, 1.54) is 17.0 Å². The fourth-order valence-corrected chi connectivity index (χ4v) is 3.53. The van der Waals surface area contributed by atoms with Crippen molar-refractivity contribution in [2.45, 2.75) is 32.2 Å². The lowest BCUT2D eigenvalue weighted by Crippen LogP contribution is -2.46. The molecule has 2 aliphatic rings. The van der Waals surface area contributed by atoms with Gasteiger partial charge in [0.25, 0.3) is 5.91 Å². The van der Waals surface area contributed by atoms with Crippen molar-refractivity contribution in [1.82, 2.24) is 15.5 Å². The Morgan fingerprint density at radius 2 is 2.04 bits per heavy atom. The predicted octanol–water partition coefficient (Wildman–Crippen LogP) is 2.38. The van der Waals surface area contributed by atoms with Crippen molar-refractivity contribution in [3.63, 3.8) is 0 Å². The second-order valence-electron chi connectivity index (χ2n) is 6.53. The van der Waals surface area contributed by atoms with Gasteiger partial charge in [0.15, 0.2) is 0 Å². The van der Waals surface area contributed by atoms with Gasteiger partial charge in [0.05, 0.1) is 5.56 Å². The van der Waals surface area contributed by atoms with Crippen molar-refractivity contribution in [1.29, 1.82) is 0 Å². The second-order valence-corrected chi connectivity index (χ2v) is 6.53. The Morgan fingerprint density at radius 3 is 2.65 bits per heavy atom. The minimum absolute atomic E-state index is 0. The second kappa shape index (κ2) is 9.19. The third-order valence-electron chi connectivity index (χ3n) is 4.82. The Hall–Kier alpha value is -1.86. The minimum atomic E-state index is -0.539. The lowest BCUT2D eigenvalue weighted by Gasteiger charge is -2.35. The number of urea groups is 1. The SMILES string of the molecule is CCCN(C(=O)c1cc(N2CCNC2=O)ccc1F)C1CCNCC1.Cl. The number of hydrogen-bond donors (Lipinski definition) is 2. The van der Waals surface area contributed by atoms with Gasteiger partial charge in [0.2, 0.25) is 0 Å². The van der Waals surface area contributed by atoms with Gasteiger partial charge in [-0.05, 0) is 50.6 Å². The van der Waals surface area contributed by atoms with Crippen LogP contribution in [0.1, 0.15) is 36.5 Å². The van der Waals surface area contributed by atoms with Crippen molar-refractivity contribution < 1.29 is 14.0 Å². The molecule has 1 aromatic carbocycles. The molecule has 0 radical (unpaired) electrons. The molecule has 0 aromatic heterocycles. The van der Waals surface area contributed by atoms with E-state index in [1.807, 2.05) is 6.92 Å². The molecule has 0 atom stereocenters. The summed E-state index contributed by atoms with van der Waals surface area (Å²) in [4.78, 5) is 28.2. The molecule has 2 saturated heterocycles. The third kappa shape index (κ3) is 4.27. The number of anilines is 1. The summed E-state index contributed by atoms with van der Waals surface area (Å²) >= 11 is 0. The molecule has 0 unspecified atom stereocenters. The first-order chi connectivity index (χ1) is 12.1. The van der Waals surface area contributed by atoms with Crippen LogP contribution in [0.25, 0.3) is 0 Å². The number of nitrogens with zero attached hydrogens (tertiary/aromatic N) is 2. The largest absolute Gasteiger partial charge is 0.336 e. The van der Waals surface area contributed by atoms with E-state index in [0.29, 0.717) is 25.3 Å². The number of hydrogen-bond acceptors (Lipinski definition) is 3. The normalized spacial score (nSPS) is 17.6. The summed E-state index contributed by atoms with van der Waals surface area (Å²) in [5.41, 5.74) is 0.602. The fourth-order valence-electron chi connectivity index (χ4n) is 3.53. The number of piperidine rings is 1. The molecular formula is C18H26ClFN4O2. The van der Waals surface area contributed by atoms with Crippen LogP contribution in [0.5, 0.6) is 0 Å². The Labute approximate surface area is 159 Å². The topological polar surface area (TPSA) is 64.7 Å². The number of rotatable bonds is 5. The molecule has 0 aliphatic carbocycles. The van der Waals surface area contributed by atoms with Crippen LogP contribution in [-0.2, 0) is 0 Å². The van der Waals surface area contributed by atoms with E-state index >= 15 is 0 Å². The Bertz CT molecular complexity index is 652. The molecule has 2 N–H and O–H groups in total. The van der Waals surface area contributed by atoms with Gasteiger partial charge in [0.1, 0.15) is 5.82 Å². The first kappa shape index (κ1) is 20.5. The number of benzene rings is 1. The highest BCUT2D eigenvalue weighted by Crippen LogP contribution is 2.24. The highest BCUT2D eigenvalue weighted by atomic mass is 35.5. The number of carbonyl (C=O) groups excluding carboxylic acids is 2. The van der Waals surface area contributed by atoms with Gasteiger partial charge < -0.3 is 15.5 Å². The van der Waals surface area contributed by atoms with E-state index < -0.39 is 5.82 Å². The maximum atomic E-state index is 14.4. The molecule has 2 fully saturated rings. The standard InChI is InChI=1S/C18H25FN4O2.ClH/c1-2-10-22(13-5-7-20-8-6-13)17(24)15-12-14(3-4-16(15)19)23-11-9-21-18(23)25;/h3-4,12-13,20H,2,5-11H2,1H3,(H,21,25);1H. The molecule has 26 heavy (non-hydrogen) atoms. The number of nitrogens with one attached hydrogen (secondary N) is 2. The monoisotopic (exact) mass is 384 g/mol. The smallest absolute Gasteiger partial charge is 0.321 e. The van der Waals surface area contributed by atoms with E-state index in [2.05, 4.69) is 10.6 Å². The van der Waals surface area contributed by atoms with Gasteiger partial charge in [-0.1, -0.05) is 6.92 Å². The van der Waals surface area contributed by atoms with E-state index in [0.717, 1.165) is 32.4 Å². The molecule has 3 amide bonds. The quantitative estimate of drug-likeness (QED) is 0.819. The van der Waals surface area contributed by atoms with Crippen LogP contribution in [0.4, 0.5) is 14.9 Å². The van der Waals surface area contributed by atoms with E-state index in [-0.39, 0.29) is 36.0 Å². The van der Waals surface area contributed by atoms with Gasteiger partial charge in [0, 0.05) is 31.4 Å². The number of amides is 3. The summed E-state index contributed by atoms with van der Waals surface area (Å²) in [6.07, 6.45) is 2.58. The Kier molecular flexibility index (Phi) is 7.23. The molecule has 0 saturated carbocycles. The van der Waals surface area contributed by atoms with Gasteiger partial charge in [-0.15, -0.1) is 12.4 Å². The van der Waals surface area contributed by atoms with E-state index in [4.69, 9.17) is 0 Å². The van der Waals surface area contributed by atoms with Crippen LogP contribution in [0.15, 0.2) is 18.2 Å². The summed E-state index contributed by atoms with van der Waals surface area (Å²) in [7, 11) is 0. The highest BCUT2D eigenvalue weighted by Gasteiger charge is 2.29. The zero-order valence-corrected chi connectivity index (χ0v) is 15.8. The fraction of sp³-hybridized carbons (Fsp3) is 0.556. The van der Waals surface area contributed by atoms with E-state index in [1.54, 1.807) is 11.0 Å². The van der Waals surface area contributed by atoms with Crippen LogP contribution in [-0.4, -0.2) is 55.6 Å². The first-order valence-corrected chi connectivity index (χ1v) is 8.98. The first-order valence-electron chi connectivity index (χ1n) is 8.98. The Balaban J connectivity index is 0.00000243. The molecule has 2 aliphatic heterocycles. The summed E-state index contributed by atoms with van der Waals surface area (Å²) in [5.74, 6) is -0.823. The van der Waals surface area contributed by atoms with E-state index in [9.17, 15) is 14.0 Å². The minimum Gasteiger partial charge on any atom is -0.336 e. The summed E-state index contributed by atoms with van der Waals surface area (Å²) in [6, 6.07) is 4.25. The van der Waals surface area contributed by atoms with Crippen LogP contribution >= 0.6 is 12.4 Å².